The minimum Gasteiger partial charge on any atom is -0.481 e. The maximum atomic E-state index is 13.2. The Labute approximate surface area is 169 Å². The fraction of sp³-hybridized carbons (Fsp3) is 0.364. The molecule has 0 aliphatic carbocycles. The molecule has 0 bridgehead atoms. The number of aryl methyl sites for hydroxylation is 1. The second-order valence-electron chi connectivity index (χ2n) is 7.26. The maximum absolute atomic E-state index is 13.2. The van der Waals surface area contributed by atoms with E-state index in [2.05, 4.69) is 29.2 Å². The van der Waals surface area contributed by atoms with Gasteiger partial charge in [0.1, 0.15) is 0 Å². The summed E-state index contributed by atoms with van der Waals surface area (Å²) in [5, 5.41) is 17.2. The number of nitrogens with zero attached hydrogens (tertiary/aromatic N) is 3. The molecule has 0 radical (unpaired) electrons. The summed E-state index contributed by atoms with van der Waals surface area (Å²) >= 11 is 0. The Morgan fingerprint density at radius 3 is 2.62 bits per heavy atom. The summed E-state index contributed by atoms with van der Waals surface area (Å²) < 4.78 is 1.85. The van der Waals surface area contributed by atoms with Gasteiger partial charge in [0.15, 0.2) is 5.65 Å². The number of pyridine rings is 1. The number of carbonyl (C=O) groups is 2. The predicted molar refractivity (Wildman–Crippen MR) is 111 cm³/mol. The zero-order valence-corrected chi connectivity index (χ0v) is 16.9. The van der Waals surface area contributed by atoms with Gasteiger partial charge in [0, 0.05) is 12.1 Å². The minimum atomic E-state index is -0.892. The van der Waals surface area contributed by atoms with Crippen molar-refractivity contribution in [2.75, 3.05) is 0 Å². The lowest BCUT2D eigenvalue weighted by Gasteiger charge is -2.19. The summed E-state index contributed by atoms with van der Waals surface area (Å²) in [5.74, 6) is -1.15. The van der Waals surface area contributed by atoms with E-state index in [0.717, 1.165) is 17.7 Å². The topological polar surface area (TPSA) is 97.1 Å². The van der Waals surface area contributed by atoms with Gasteiger partial charge in [-0.1, -0.05) is 37.3 Å². The number of nitrogens with one attached hydrogen (secondary N) is 1. The number of aliphatic carboxylic acids is 1. The van der Waals surface area contributed by atoms with Gasteiger partial charge in [0.2, 0.25) is 0 Å². The molecule has 3 rings (SSSR count). The van der Waals surface area contributed by atoms with Gasteiger partial charge in [-0.25, -0.2) is 9.67 Å². The van der Waals surface area contributed by atoms with Crippen molar-refractivity contribution in [1.29, 1.82) is 0 Å². The Bertz CT molecular complexity index is 1010. The Kier molecular flexibility index (Phi) is 6.26. The van der Waals surface area contributed by atoms with E-state index in [9.17, 15) is 9.59 Å². The molecule has 152 valence electrons. The average Bonchev–Trinajstić information content (AvgIpc) is 3.13. The number of carboxylic acid groups (broad SMARTS) is 1. The van der Waals surface area contributed by atoms with E-state index >= 15 is 0 Å². The van der Waals surface area contributed by atoms with E-state index in [1.54, 1.807) is 12.3 Å². The van der Waals surface area contributed by atoms with Crippen LogP contribution in [0.15, 0.2) is 42.6 Å². The Morgan fingerprint density at radius 2 is 1.97 bits per heavy atom. The molecule has 1 amide bonds. The lowest BCUT2D eigenvalue weighted by atomic mass is 10.0. The number of carbonyl (C=O) groups excluding carboxylic acids is 1. The number of carboxylic acids is 1. The molecule has 0 aliphatic rings. The molecule has 0 saturated heterocycles. The molecule has 29 heavy (non-hydrogen) atoms. The van der Waals surface area contributed by atoms with Crippen LogP contribution in [0.4, 0.5) is 0 Å². The summed E-state index contributed by atoms with van der Waals surface area (Å²) in [4.78, 5) is 28.8. The molecule has 0 fully saturated rings. The lowest BCUT2D eigenvalue weighted by molar-refractivity contribution is -0.137. The van der Waals surface area contributed by atoms with Crippen LogP contribution in [0.5, 0.6) is 0 Å². The summed E-state index contributed by atoms with van der Waals surface area (Å²) in [5.41, 5.74) is 2.79. The van der Waals surface area contributed by atoms with Crippen molar-refractivity contribution in [3.05, 3.63) is 59.4 Å². The molecule has 7 heteroatoms. The van der Waals surface area contributed by atoms with Crippen LogP contribution in [0.3, 0.4) is 0 Å². The van der Waals surface area contributed by atoms with Gasteiger partial charge in [0.25, 0.3) is 5.91 Å². The molecule has 2 heterocycles. The van der Waals surface area contributed by atoms with E-state index in [1.807, 2.05) is 41.9 Å². The highest BCUT2D eigenvalue weighted by Crippen LogP contribution is 2.24. The Hall–Kier alpha value is -3.22. The van der Waals surface area contributed by atoms with Crippen molar-refractivity contribution in [2.24, 2.45) is 0 Å². The Balaban J connectivity index is 1.94. The van der Waals surface area contributed by atoms with Crippen LogP contribution in [0.1, 0.15) is 66.8 Å². The molecule has 2 aromatic heterocycles. The molecule has 0 spiro atoms. The van der Waals surface area contributed by atoms with E-state index in [4.69, 9.17) is 5.11 Å². The molecular weight excluding hydrogens is 368 g/mol. The van der Waals surface area contributed by atoms with Crippen molar-refractivity contribution >= 4 is 22.9 Å². The number of benzene rings is 1. The number of hydrogen-bond acceptors (Lipinski definition) is 4. The summed E-state index contributed by atoms with van der Waals surface area (Å²) in [6.45, 7) is 5.99. The van der Waals surface area contributed by atoms with Crippen molar-refractivity contribution in [1.82, 2.24) is 20.1 Å². The second-order valence-corrected chi connectivity index (χ2v) is 7.26. The average molecular weight is 394 g/mol. The fourth-order valence-electron chi connectivity index (χ4n) is 3.34. The number of amides is 1. The monoisotopic (exact) mass is 394 g/mol. The van der Waals surface area contributed by atoms with Crippen LogP contribution in [-0.2, 0) is 4.79 Å². The highest BCUT2D eigenvalue weighted by atomic mass is 16.4. The molecule has 3 aromatic rings. The van der Waals surface area contributed by atoms with Gasteiger partial charge >= 0.3 is 5.97 Å². The third-order valence-electron chi connectivity index (χ3n) is 5.10. The first-order valence-electron chi connectivity index (χ1n) is 9.83. The normalized spacial score (nSPS) is 13.2. The largest absolute Gasteiger partial charge is 0.481 e. The number of hydrogen-bond donors (Lipinski definition) is 2. The molecule has 7 nitrogen and oxygen atoms in total. The molecule has 0 saturated carbocycles. The van der Waals surface area contributed by atoms with Crippen molar-refractivity contribution < 1.29 is 14.7 Å². The summed E-state index contributed by atoms with van der Waals surface area (Å²) in [7, 11) is 0. The van der Waals surface area contributed by atoms with Crippen LogP contribution in [0.25, 0.3) is 11.0 Å². The second kappa shape index (κ2) is 8.86. The van der Waals surface area contributed by atoms with Gasteiger partial charge in [-0.15, -0.1) is 0 Å². The first-order valence-corrected chi connectivity index (χ1v) is 9.83. The van der Waals surface area contributed by atoms with E-state index < -0.39 is 12.0 Å². The van der Waals surface area contributed by atoms with Gasteiger partial charge in [-0.05, 0) is 38.3 Å². The number of fused-ring (bicyclic) bond motifs is 1. The number of rotatable bonds is 8. The summed E-state index contributed by atoms with van der Waals surface area (Å²) in [6.07, 6.45) is 2.86. The molecule has 2 atom stereocenters. The first-order chi connectivity index (χ1) is 13.9. The molecule has 1 aromatic carbocycles. The molecular formula is C22H26N4O3. The first kappa shape index (κ1) is 20.5. The minimum absolute atomic E-state index is 0.0312. The highest BCUT2D eigenvalue weighted by Gasteiger charge is 2.21. The zero-order valence-electron chi connectivity index (χ0n) is 16.9. The maximum Gasteiger partial charge on any atom is 0.303 e. The van der Waals surface area contributed by atoms with Crippen LogP contribution in [-0.4, -0.2) is 31.7 Å². The van der Waals surface area contributed by atoms with Crippen molar-refractivity contribution in [3.8, 4) is 0 Å². The van der Waals surface area contributed by atoms with Gasteiger partial charge in [-0.3, -0.25) is 9.59 Å². The van der Waals surface area contributed by atoms with Crippen LogP contribution >= 0.6 is 0 Å². The third kappa shape index (κ3) is 4.62. The zero-order chi connectivity index (χ0) is 21.0. The predicted octanol–water partition coefficient (Wildman–Crippen LogP) is 4.05. The summed E-state index contributed by atoms with van der Waals surface area (Å²) in [6, 6.07) is 10.9. The van der Waals surface area contributed by atoms with E-state index in [0.29, 0.717) is 23.0 Å². The third-order valence-corrected chi connectivity index (χ3v) is 5.10. The fourth-order valence-corrected chi connectivity index (χ4v) is 3.34. The van der Waals surface area contributed by atoms with E-state index in [-0.39, 0.29) is 18.4 Å². The standard InChI is InChI=1S/C22H26N4O3/c1-4-15(3)26-21-18(13-23-26)17(12-14(2)24-21)22(29)25-19(10-11-20(27)28)16-8-6-5-7-9-16/h5-9,12-13,15,19H,4,10-11H2,1-3H3,(H,25,29)(H,27,28). The Morgan fingerprint density at radius 1 is 1.24 bits per heavy atom. The van der Waals surface area contributed by atoms with E-state index in [1.165, 1.54) is 0 Å². The SMILES string of the molecule is CCC(C)n1ncc2c(C(=O)NC(CCC(=O)O)c3ccccc3)cc(C)nc21. The lowest BCUT2D eigenvalue weighted by Crippen LogP contribution is -2.29. The van der Waals surface area contributed by atoms with Crippen molar-refractivity contribution in [2.45, 2.75) is 52.1 Å². The highest BCUT2D eigenvalue weighted by molar-refractivity contribution is 6.05. The molecule has 0 aliphatic heterocycles. The quantitative estimate of drug-likeness (QED) is 0.601. The van der Waals surface area contributed by atoms with Crippen LogP contribution in [0.2, 0.25) is 0 Å². The molecule has 2 N–H and O–H groups in total. The van der Waals surface area contributed by atoms with Crippen molar-refractivity contribution in [3.63, 3.8) is 0 Å². The van der Waals surface area contributed by atoms with Crippen LogP contribution < -0.4 is 5.32 Å². The van der Waals surface area contributed by atoms with Gasteiger partial charge in [0.05, 0.1) is 29.2 Å². The van der Waals surface area contributed by atoms with Crippen LogP contribution in [0, 0.1) is 6.92 Å². The van der Waals surface area contributed by atoms with Gasteiger partial charge in [-0.2, -0.15) is 5.10 Å². The smallest absolute Gasteiger partial charge is 0.303 e. The number of aromatic nitrogens is 3. The van der Waals surface area contributed by atoms with Gasteiger partial charge < -0.3 is 10.4 Å². The molecule has 2 unspecified atom stereocenters.